The molecule has 0 aliphatic heterocycles. The standard InChI is InChI=1S/C11H13N3O2S/c1-14(2)17(15,16)9-4-5-10-8(7-9)3-6-11(12)13-10/h3-7H,1-2H3,(H2,12,13). The molecule has 0 saturated heterocycles. The van der Waals surface area contributed by atoms with E-state index in [1.807, 2.05) is 0 Å². The van der Waals surface area contributed by atoms with Crippen LogP contribution in [0.25, 0.3) is 10.9 Å². The number of nitrogens with two attached hydrogens (primary N) is 1. The third-order valence-electron chi connectivity index (χ3n) is 2.46. The lowest BCUT2D eigenvalue weighted by Crippen LogP contribution is -2.22. The molecular weight excluding hydrogens is 238 g/mol. The van der Waals surface area contributed by atoms with Gasteiger partial charge >= 0.3 is 0 Å². The smallest absolute Gasteiger partial charge is 0.242 e. The molecule has 90 valence electrons. The third-order valence-corrected chi connectivity index (χ3v) is 4.27. The van der Waals surface area contributed by atoms with Crippen molar-refractivity contribution in [1.29, 1.82) is 0 Å². The fourth-order valence-corrected chi connectivity index (χ4v) is 2.43. The Labute approximate surface area is 99.9 Å². The Balaban J connectivity index is 2.64. The minimum Gasteiger partial charge on any atom is -0.384 e. The first-order valence-electron chi connectivity index (χ1n) is 5.00. The van der Waals surface area contributed by atoms with Gasteiger partial charge in [-0.15, -0.1) is 0 Å². The van der Waals surface area contributed by atoms with Crippen LogP contribution in [0.4, 0.5) is 5.82 Å². The van der Waals surface area contributed by atoms with Gasteiger partial charge in [0, 0.05) is 19.5 Å². The second kappa shape index (κ2) is 3.97. The van der Waals surface area contributed by atoms with Crippen molar-refractivity contribution >= 4 is 26.7 Å². The first-order valence-corrected chi connectivity index (χ1v) is 6.44. The maximum atomic E-state index is 11.9. The number of rotatable bonds is 2. The molecule has 0 bridgehead atoms. The minimum atomic E-state index is -3.40. The first kappa shape index (κ1) is 11.8. The van der Waals surface area contributed by atoms with Crippen LogP contribution in [0.2, 0.25) is 0 Å². The van der Waals surface area contributed by atoms with Gasteiger partial charge in [0.05, 0.1) is 10.4 Å². The molecule has 1 aromatic heterocycles. The van der Waals surface area contributed by atoms with Crippen LogP contribution in [0.15, 0.2) is 35.2 Å². The number of anilines is 1. The predicted molar refractivity (Wildman–Crippen MR) is 67.0 cm³/mol. The molecule has 0 atom stereocenters. The van der Waals surface area contributed by atoms with E-state index in [4.69, 9.17) is 5.73 Å². The van der Waals surface area contributed by atoms with Gasteiger partial charge in [0.25, 0.3) is 0 Å². The number of aromatic nitrogens is 1. The highest BCUT2D eigenvalue weighted by Crippen LogP contribution is 2.20. The molecule has 6 heteroatoms. The number of sulfonamides is 1. The second-order valence-corrected chi connectivity index (χ2v) is 6.03. The molecule has 0 unspecified atom stereocenters. The summed E-state index contributed by atoms with van der Waals surface area (Å²) >= 11 is 0. The maximum absolute atomic E-state index is 11.9. The largest absolute Gasteiger partial charge is 0.384 e. The van der Waals surface area contributed by atoms with Crippen LogP contribution >= 0.6 is 0 Å². The number of pyridine rings is 1. The summed E-state index contributed by atoms with van der Waals surface area (Å²) in [7, 11) is -0.403. The Kier molecular flexibility index (Phi) is 2.76. The summed E-state index contributed by atoms with van der Waals surface area (Å²) in [5.74, 6) is 0.417. The van der Waals surface area contributed by atoms with Gasteiger partial charge in [-0.1, -0.05) is 0 Å². The third kappa shape index (κ3) is 2.09. The van der Waals surface area contributed by atoms with Gasteiger partial charge in [-0.3, -0.25) is 0 Å². The quantitative estimate of drug-likeness (QED) is 0.866. The minimum absolute atomic E-state index is 0.251. The van der Waals surface area contributed by atoms with Crippen molar-refractivity contribution in [3.8, 4) is 0 Å². The lowest BCUT2D eigenvalue weighted by atomic mass is 10.2. The van der Waals surface area contributed by atoms with Gasteiger partial charge in [-0.05, 0) is 30.3 Å². The van der Waals surface area contributed by atoms with Crippen LogP contribution in [0.5, 0.6) is 0 Å². The maximum Gasteiger partial charge on any atom is 0.242 e. The summed E-state index contributed by atoms with van der Waals surface area (Å²) in [6.07, 6.45) is 0. The van der Waals surface area contributed by atoms with Crippen LogP contribution in [0.3, 0.4) is 0 Å². The average Bonchev–Trinajstić information content (AvgIpc) is 2.28. The Morgan fingerprint density at radius 1 is 1.18 bits per heavy atom. The van der Waals surface area contributed by atoms with Gasteiger partial charge in [-0.2, -0.15) is 0 Å². The molecular formula is C11H13N3O2S. The molecule has 0 aliphatic rings. The zero-order valence-electron chi connectivity index (χ0n) is 9.58. The zero-order chi connectivity index (χ0) is 12.6. The van der Waals surface area contributed by atoms with E-state index in [1.165, 1.54) is 24.5 Å². The van der Waals surface area contributed by atoms with E-state index in [0.717, 1.165) is 5.39 Å². The van der Waals surface area contributed by atoms with Gasteiger partial charge in [0.1, 0.15) is 5.82 Å². The number of hydrogen-bond donors (Lipinski definition) is 1. The van der Waals surface area contributed by atoms with Crippen LogP contribution in [-0.2, 0) is 10.0 Å². The Morgan fingerprint density at radius 2 is 1.88 bits per heavy atom. The highest BCUT2D eigenvalue weighted by atomic mass is 32.2. The van der Waals surface area contributed by atoms with Crippen molar-refractivity contribution in [2.24, 2.45) is 0 Å². The molecule has 17 heavy (non-hydrogen) atoms. The Bertz CT molecular complexity index is 665. The van der Waals surface area contributed by atoms with Crippen molar-refractivity contribution in [3.63, 3.8) is 0 Å². The van der Waals surface area contributed by atoms with Crippen molar-refractivity contribution in [3.05, 3.63) is 30.3 Å². The van der Waals surface area contributed by atoms with Crippen molar-refractivity contribution in [2.75, 3.05) is 19.8 Å². The van der Waals surface area contributed by atoms with Crippen LogP contribution < -0.4 is 5.73 Å². The molecule has 1 heterocycles. The second-order valence-electron chi connectivity index (χ2n) is 3.88. The number of fused-ring (bicyclic) bond motifs is 1. The van der Waals surface area contributed by atoms with E-state index >= 15 is 0 Å². The molecule has 5 nitrogen and oxygen atoms in total. The summed E-state index contributed by atoms with van der Waals surface area (Å²) in [5.41, 5.74) is 6.24. The van der Waals surface area contributed by atoms with Gasteiger partial charge in [-0.25, -0.2) is 17.7 Å². The highest BCUT2D eigenvalue weighted by Gasteiger charge is 2.17. The highest BCUT2D eigenvalue weighted by molar-refractivity contribution is 7.89. The lowest BCUT2D eigenvalue weighted by molar-refractivity contribution is 0.521. The summed E-state index contributed by atoms with van der Waals surface area (Å²) in [5, 5.41) is 0.752. The Hall–Kier alpha value is -1.66. The molecule has 1 aromatic carbocycles. The normalized spacial score (nSPS) is 12.2. The topological polar surface area (TPSA) is 76.3 Å². The van der Waals surface area contributed by atoms with Gasteiger partial charge in [0.2, 0.25) is 10.0 Å². The van der Waals surface area contributed by atoms with Crippen molar-refractivity contribution < 1.29 is 8.42 Å². The lowest BCUT2D eigenvalue weighted by Gasteiger charge is -2.11. The molecule has 0 aliphatic carbocycles. The fraction of sp³-hybridized carbons (Fsp3) is 0.182. The molecule has 2 N–H and O–H groups in total. The van der Waals surface area contributed by atoms with E-state index < -0.39 is 10.0 Å². The number of nitrogens with zero attached hydrogens (tertiary/aromatic N) is 2. The molecule has 0 spiro atoms. The van der Waals surface area contributed by atoms with Crippen LogP contribution in [0, 0.1) is 0 Å². The Morgan fingerprint density at radius 3 is 2.53 bits per heavy atom. The SMILES string of the molecule is CN(C)S(=O)(=O)c1ccc2nc(N)ccc2c1. The molecule has 0 radical (unpaired) electrons. The van der Waals surface area contributed by atoms with E-state index in [9.17, 15) is 8.42 Å². The van der Waals surface area contributed by atoms with Crippen molar-refractivity contribution in [2.45, 2.75) is 4.90 Å². The molecule has 2 aromatic rings. The summed E-state index contributed by atoms with van der Waals surface area (Å²) in [6.45, 7) is 0. The van der Waals surface area contributed by atoms with Crippen LogP contribution in [-0.4, -0.2) is 31.8 Å². The summed E-state index contributed by atoms with van der Waals surface area (Å²) < 4.78 is 25.0. The van der Waals surface area contributed by atoms with Gasteiger partial charge in [0.15, 0.2) is 0 Å². The first-order chi connectivity index (χ1) is 7.91. The number of nitrogen functional groups attached to an aromatic ring is 1. The zero-order valence-corrected chi connectivity index (χ0v) is 10.4. The van der Waals surface area contributed by atoms with Gasteiger partial charge < -0.3 is 5.73 Å². The van der Waals surface area contributed by atoms with E-state index in [2.05, 4.69) is 4.98 Å². The number of hydrogen-bond acceptors (Lipinski definition) is 4. The molecule has 2 rings (SSSR count). The monoisotopic (exact) mass is 251 g/mol. The fourth-order valence-electron chi connectivity index (χ4n) is 1.49. The number of benzene rings is 1. The molecule has 0 saturated carbocycles. The van der Waals surface area contributed by atoms with Crippen LogP contribution in [0.1, 0.15) is 0 Å². The van der Waals surface area contributed by atoms with E-state index in [0.29, 0.717) is 11.3 Å². The molecule has 0 fully saturated rings. The van der Waals surface area contributed by atoms with Crippen molar-refractivity contribution in [1.82, 2.24) is 9.29 Å². The molecule has 0 amide bonds. The average molecular weight is 251 g/mol. The van der Waals surface area contributed by atoms with E-state index in [-0.39, 0.29) is 4.90 Å². The predicted octanol–water partition coefficient (Wildman–Crippen LogP) is 1.07. The summed E-state index contributed by atoms with van der Waals surface area (Å²) in [6, 6.07) is 8.18. The summed E-state index contributed by atoms with van der Waals surface area (Å²) in [4.78, 5) is 4.36. The van der Waals surface area contributed by atoms with E-state index in [1.54, 1.807) is 24.3 Å².